The Morgan fingerprint density at radius 1 is 1.23 bits per heavy atom. The van der Waals surface area contributed by atoms with E-state index in [0.717, 1.165) is 36.1 Å². The average Bonchev–Trinajstić information content (AvgIpc) is 3.35. The van der Waals surface area contributed by atoms with Crippen LogP contribution in [0.3, 0.4) is 0 Å². The van der Waals surface area contributed by atoms with Gasteiger partial charge in [-0.3, -0.25) is 4.79 Å². The van der Waals surface area contributed by atoms with Crippen LogP contribution in [0.4, 0.5) is 9.39 Å². The van der Waals surface area contributed by atoms with Crippen molar-refractivity contribution in [3.05, 3.63) is 68.0 Å². The maximum Gasteiger partial charge on any atom is 0.267 e. The van der Waals surface area contributed by atoms with E-state index in [2.05, 4.69) is 27.3 Å². The predicted octanol–water partition coefficient (Wildman–Crippen LogP) is 6.21. The first-order valence-electron chi connectivity index (χ1n) is 9.53. The molecule has 1 aromatic carbocycles. The second-order valence-electron chi connectivity index (χ2n) is 6.98. The molecule has 0 saturated carbocycles. The molecule has 5 nitrogen and oxygen atoms in total. The summed E-state index contributed by atoms with van der Waals surface area (Å²) in [4.78, 5) is 13.8. The van der Waals surface area contributed by atoms with E-state index in [1.54, 1.807) is 18.2 Å². The quantitative estimate of drug-likeness (QED) is 0.344. The number of amides is 1. The lowest BCUT2D eigenvalue weighted by molar-refractivity contribution is -0.112. The van der Waals surface area contributed by atoms with Crippen LogP contribution in [0.1, 0.15) is 34.6 Å². The van der Waals surface area contributed by atoms with Crippen molar-refractivity contribution in [1.82, 2.24) is 0 Å². The van der Waals surface area contributed by atoms with Crippen LogP contribution in [0.5, 0.6) is 0 Å². The summed E-state index contributed by atoms with van der Waals surface area (Å²) in [6.45, 7) is 0. The first-order chi connectivity index (χ1) is 15.0. The van der Waals surface area contributed by atoms with Crippen molar-refractivity contribution in [2.75, 3.05) is 5.32 Å². The lowest BCUT2D eigenvalue weighted by Gasteiger charge is -2.09. The number of fused-ring (bicyclic) bond motifs is 1. The SMILES string of the molecule is N#CC(=Cc1ccc(-c2ccc(F)cc2Br)o1)C(=O)Nc1sc2c(c1C#N)CCCC2. The van der Waals surface area contributed by atoms with E-state index in [1.165, 1.54) is 29.5 Å². The molecule has 1 aliphatic carbocycles. The second-order valence-corrected chi connectivity index (χ2v) is 8.94. The van der Waals surface area contributed by atoms with Gasteiger partial charge in [0.1, 0.15) is 40.1 Å². The minimum atomic E-state index is -0.599. The molecule has 0 atom stereocenters. The van der Waals surface area contributed by atoms with Gasteiger partial charge in [-0.15, -0.1) is 11.3 Å². The van der Waals surface area contributed by atoms with Gasteiger partial charge in [-0.1, -0.05) is 0 Å². The molecule has 0 radical (unpaired) electrons. The predicted molar refractivity (Wildman–Crippen MR) is 120 cm³/mol. The van der Waals surface area contributed by atoms with E-state index >= 15 is 0 Å². The summed E-state index contributed by atoms with van der Waals surface area (Å²) in [6.07, 6.45) is 5.18. The van der Waals surface area contributed by atoms with Crippen molar-refractivity contribution in [1.29, 1.82) is 10.5 Å². The van der Waals surface area contributed by atoms with Crippen LogP contribution in [0.15, 0.2) is 44.8 Å². The number of nitrogens with one attached hydrogen (secondary N) is 1. The minimum absolute atomic E-state index is 0.144. The molecular weight excluding hydrogens is 481 g/mol. The number of benzene rings is 1. The van der Waals surface area contributed by atoms with Crippen molar-refractivity contribution >= 4 is 44.3 Å². The van der Waals surface area contributed by atoms with E-state index in [1.807, 2.05) is 6.07 Å². The number of hydrogen-bond donors (Lipinski definition) is 1. The van der Waals surface area contributed by atoms with Crippen molar-refractivity contribution in [2.24, 2.45) is 0 Å². The molecule has 1 N–H and O–H groups in total. The molecule has 1 amide bonds. The molecule has 2 heterocycles. The van der Waals surface area contributed by atoms with Crippen LogP contribution < -0.4 is 5.32 Å². The Morgan fingerprint density at radius 3 is 2.77 bits per heavy atom. The summed E-state index contributed by atoms with van der Waals surface area (Å²) in [5, 5.41) is 22.2. The Hall–Kier alpha value is -3.20. The first kappa shape index (κ1) is 21.0. The third-order valence-electron chi connectivity index (χ3n) is 4.99. The Bertz CT molecular complexity index is 1290. The van der Waals surface area contributed by atoms with E-state index in [4.69, 9.17) is 4.42 Å². The number of rotatable bonds is 4. The molecule has 31 heavy (non-hydrogen) atoms. The smallest absolute Gasteiger partial charge is 0.267 e. The van der Waals surface area contributed by atoms with Crippen molar-refractivity contribution in [3.63, 3.8) is 0 Å². The van der Waals surface area contributed by atoms with E-state index in [0.29, 0.717) is 32.1 Å². The molecule has 3 aromatic rings. The number of carbonyl (C=O) groups is 1. The summed E-state index contributed by atoms with van der Waals surface area (Å²) >= 11 is 4.70. The Balaban J connectivity index is 1.58. The topological polar surface area (TPSA) is 89.8 Å². The number of thiophene rings is 1. The maximum absolute atomic E-state index is 13.3. The van der Waals surface area contributed by atoms with E-state index in [-0.39, 0.29) is 11.4 Å². The highest BCUT2D eigenvalue weighted by Gasteiger charge is 2.23. The highest BCUT2D eigenvalue weighted by Crippen LogP contribution is 2.38. The molecule has 0 aliphatic heterocycles. The van der Waals surface area contributed by atoms with Gasteiger partial charge in [0, 0.05) is 21.0 Å². The Kier molecular flexibility index (Phi) is 6.03. The number of nitrogens with zero attached hydrogens (tertiary/aromatic N) is 2. The number of aryl methyl sites for hydroxylation is 1. The van der Waals surface area contributed by atoms with Gasteiger partial charge in [-0.25, -0.2) is 4.39 Å². The molecule has 0 unspecified atom stereocenters. The van der Waals surface area contributed by atoms with Crippen LogP contribution in [-0.2, 0) is 17.6 Å². The second kappa shape index (κ2) is 8.89. The molecule has 0 fully saturated rings. The van der Waals surface area contributed by atoms with Crippen LogP contribution >= 0.6 is 27.3 Å². The van der Waals surface area contributed by atoms with Gasteiger partial charge in [0.25, 0.3) is 5.91 Å². The van der Waals surface area contributed by atoms with Gasteiger partial charge < -0.3 is 9.73 Å². The zero-order valence-electron chi connectivity index (χ0n) is 16.2. The summed E-state index contributed by atoms with van der Waals surface area (Å²) in [5.74, 6) is -0.200. The summed E-state index contributed by atoms with van der Waals surface area (Å²) in [7, 11) is 0. The molecule has 0 spiro atoms. The van der Waals surface area contributed by atoms with Gasteiger partial charge in [-0.2, -0.15) is 10.5 Å². The van der Waals surface area contributed by atoms with E-state index < -0.39 is 5.91 Å². The maximum atomic E-state index is 13.3. The van der Waals surface area contributed by atoms with Crippen molar-refractivity contribution < 1.29 is 13.6 Å². The van der Waals surface area contributed by atoms with Gasteiger partial charge in [0.2, 0.25) is 0 Å². The Morgan fingerprint density at radius 2 is 2.03 bits per heavy atom. The first-order valence-corrected chi connectivity index (χ1v) is 11.1. The average molecular weight is 496 g/mol. The molecule has 8 heteroatoms. The molecule has 0 saturated heterocycles. The van der Waals surface area contributed by atoms with Crippen LogP contribution in [-0.4, -0.2) is 5.91 Å². The number of anilines is 1. The summed E-state index contributed by atoms with van der Waals surface area (Å²) < 4.78 is 19.6. The zero-order valence-corrected chi connectivity index (χ0v) is 18.6. The van der Waals surface area contributed by atoms with Crippen LogP contribution in [0, 0.1) is 28.5 Å². The highest BCUT2D eigenvalue weighted by molar-refractivity contribution is 9.10. The minimum Gasteiger partial charge on any atom is -0.457 e. The largest absolute Gasteiger partial charge is 0.457 e. The number of carbonyl (C=O) groups excluding carboxylic acids is 1. The summed E-state index contributed by atoms with van der Waals surface area (Å²) in [5.41, 5.74) is 2.00. The number of nitriles is 2. The molecule has 2 aromatic heterocycles. The Labute approximate surface area is 190 Å². The molecular formula is C23H15BrFN3O2S. The highest BCUT2D eigenvalue weighted by atomic mass is 79.9. The summed E-state index contributed by atoms with van der Waals surface area (Å²) in [6, 6.07) is 11.6. The van der Waals surface area contributed by atoms with Crippen molar-refractivity contribution in [3.8, 4) is 23.5 Å². The molecule has 154 valence electrons. The third kappa shape index (κ3) is 4.32. The fourth-order valence-electron chi connectivity index (χ4n) is 3.50. The van der Waals surface area contributed by atoms with Crippen LogP contribution in [0.25, 0.3) is 17.4 Å². The molecule has 1 aliphatic rings. The van der Waals surface area contributed by atoms with Crippen molar-refractivity contribution in [2.45, 2.75) is 25.7 Å². The number of hydrogen-bond acceptors (Lipinski definition) is 5. The molecule has 0 bridgehead atoms. The monoisotopic (exact) mass is 495 g/mol. The molecule has 4 rings (SSSR count). The van der Waals surface area contributed by atoms with Gasteiger partial charge in [0.05, 0.1) is 5.56 Å². The fourth-order valence-corrected chi connectivity index (χ4v) is 5.28. The van der Waals surface area contributed by atoms with Gasteiger partial charge in [-0.05, 0) is 77.5 Å². The fraction of sp³-hybridized carbons (Fsp3) is 0.174. The van der Waals surface area contributed by atoms with Crippen LogP contribution in [0.2, 0.25) is 0 Å². The normalized spacial score (nSPS) is 13.2. The zero-order chi connectivity index (χ0) is 22.0. The van der Waals surface area contributed by atoms with E-state index in [9.17, 15) is 19.7 Å². The standard InChI is InChI=1S/C23H15BrFN3O2S/c24-19-10-14(25)5-7-17(19)20-8-6-15(30-20)9-13(11-26)22(29)28-23-18(12-27)16-3-1-2-4-21(16)31-23/h5-10H,1-4H2,(H,28,29). The van der Waals surface area contributed by atoms with Gasteiger partial charge >= 0.3 is 0 Å². The third-order valence-corrected chi connectivity index (χ3v) is 6.85. The number of halogens is 2. The number of furan rings is 1. The lowest BCUT2D eigenvalue weighted by atomic mass is 9.96. The lowest BCUT2D eigenvalue weighted by Crippen LogP contribution is -2.13. The van der Waals surface area contributed by atoms with Gasteiger partial charge in [0.15, 0.2) is 0 Å².